The van der Waals surface area contributed by atoms with Gasteiger partial charge in [0.2, 0.25) is 5.91 Å². The van der Waals surface area contributed by atoms with Crippen LogP contribution in [-0.4, -0.2) is 27.5 Å². The number of allylic oxidation sites excluding steroid dienone is 2. The number of amidine groups is 2. The first kappa shape index (κ1) is 21.5. The summed E-state index contributed by atoms with van der Waals surface area (Å²) in [5.74, 6) is -1.32. The van der Waals surface area contributed by atoms with Gasteiger partial charge >= 0.3 is 0 Å². The number of hydrogen-bond acceptors (Lipinski definition) is 4. The van der Waals surface area contributed by atoms with Crippen molar-refractivity contribution < 1.29 is 18.0 Å². The molecule has 0 aliphatic rings. The number of halogens is 3. The van der Waals surface area contributed by atoms with Crippen molar-refractivity contribution in [1.82, 2.24) is 9.97 Å². The number of hydrogen-bond donors (Lipinski definition) is 2. The first-order valence-corrected chi connectivity index (χ1v) is 8.20. The van der Waals surface area contributed by atoms with Crippen molar-refractivity contribution in [3.8, 4) is 0 Å². The van der Waals surface area contributed by atoms with E-state index in [2.05, 4.69) is 31.8 Å². The smallest absolute Gasteiger partial charge is 0.280 e. The lowest BCUT2D eigenvalue weighted by Gasteiger charge is -2.05. The van der Waals surface area contributed by atoms with Gasteiger partial charge in [0, 0.05) is 13.0 Å². The number of aliphatic imine (C=N–C) groups is 2. The van der Waals surface area contributed by atoms with E-state index in [0.29, 0.717) is 0 Å². The highest BCUT2D eigenvalue weighted by molar-refractivity contribution is 6.08. The van der Waals surface area contributed by atoms with Gasteiger partial charge in [0.15, 0.2) is 17.5 Å². The molecule has 0 aliphatic heterocycles. The number of carbonyl (C=O) groups is 1. The molecular weight excluding hydrogens is 385 g/mol. The number of pyridine rings is 2. The topological polar surface area (TPSA) is 106 Å². The number of nitrogens with one attached hydrogen (secondary N) is 1. The van der Waals surface area contributed by atoms with Crippen LogP contribution in [0, 0.1) is 5.82 Å². The number of rotatable bonds is 6. The molecule has 3 N–H and O–H groups in total. The van der Waals surface area contributed by atoms with Crippen LogP contribution in [0.1, 0.15) is 24.7 Å². The number of amides is 1. The maximum atomic E-state index is 14.1. The summed E-state index contributed by atoms with van der Waals surface area (Å²) in [6.45, 7) is 4.80. The first-order valence-electron chi connectivity index (χ1n) is 8.20. The highest BCUT2D eigenvalue weighted by Crippen LogP contribution is 2.21. The lowest BCUT2D eigenvalue weighted by molar-refractivity contribution is -0.114. The maximum Gasteiger partial charge on any atom is 0.280 e. The molecule has 0 radical (unpaired) electrons. The Morgan fingerprint density at radius 2 is 2.14 bits per heavy atom. The van der Waals surface area contributed by atoms with Crippen molar-refractivity contribution in [3.05, 3.63) is 72.5 Å². The normalized spacial score (nSPS) is 12.4. The summed E-state index contributed by atoms with van der Waals surface area (Å²) in [6.07, 6.45) is 2.42. The number of carbonyl (C=O) groups excluding carboxylic acids is 1. The molecule has 7 nitrogen and oxygen atoms in total. The van der Waals surface area contributed by atoms with Crippen LogP contribution < -0.4 is 11.1 Å². The molecule has 2 aromatic rings. The van der Waals surface area contributed by atoms with E-state index in [1.165, 1.54) is 43.4 Å². The molecule has 0 saturated carbocycles. The Labute approximate surface area is 164 Å². The average molecular weight is 402 g/mol. The van der Waals surface area contributed by atoms with Crippen molar-refractivity contribution in [1.29, 1.82) is 0 Å². The summed E-state index contributed by atoms with van der Waals surface area (Å²) in [5, 5.41) is 2.41. The van der Waals surface area contributed by atoms with Crippen LogP contribution in [0.25, 0.3) is 0 Å². The zero-order valence-electron chi connectivity index (χ0n) is 15.3. The fourth-order valence-electron chi connectivity index (χ4n) is 2.04. The van der Waals surface area contributed by atoms with Crippen molar-refractivity contribution >= 4 is 29.1 Å². The largest absolute Gasteiger partial charge is 0.382 e. The van der Waals surface area contributed by atoms with Crippen molar-refractivity contribution in [2.45, 2.75) is 13.3 Å². The second kappa shape index (κ2) is 9.93. The first-order chi connectivity index (χ1) is 13.8. The number of nitrogens with zero attached hydrogens (tertiary/aromatic N) is 4. The third kappa shape index (κ3) is 6.38. The Morgan fingerprint density at radius 1 is 1.38 bits per heavy atom. The molecule has 0 spiro atoms. The summed E-state index contributed by atoms with van der Waals surface area (Å²) in [7, 11) is 0. The molecule has 2 aromatic heterocycles. The Kier molecular flexibility index (Phi) is 7.35. The van der Waals surface area contributed by atoms with Gasteiger partial charge in [-0.3, -0.25) is 4.79 Å². The molecule has 0 bridgehead atoms. The lowest BCUT2D eigenvalue weighted by Crippen LogP contribution is -2.17. The standard InChI is InChI=1S/C19H17F3N6O/c1-3-4-8-16(27-15-9-17(25-11(2)29)24-10-12(15)20)28-19(23)14-7-5-6-13(26-14)18(21)22/h3-10,18H,1H2,2H3,(H3,23,24,25,27,28,29)/b8-4+. The number of alkyl halides is 2. The lowest BCUT2D eigenvalue weighted by atomic mass is 10.3. The van der Waals surface area contributed by atoms with E-state index >= 15 is 0 Å². The van der Waals surface area contributed by atoms with Crippen LogP contribution in [0.2, 0.25) is 0 Å². The van der Waals surface area contributed by atoms with Crippen LogP contribution in [0.3, 0.4) is 0 Å². The van der Waals surface area contributed by atoms with Gasteiger partial charge in [0.1, 0.15) is 22.9 Å². The van der Waals surface area contributed by atoms with Crippen LogP contribution in [0.15, 0.2) is 65.3 Å². The molecular formula is C19H17F3N6O. The average Bonchev–Trinajstić information content (AvgIpc) is 2.68. The van der Waals surface area contributed by atoms with Crippen molar-refractivity contribution in [3.63, 3.8) is 0 Å². The summed E-state index contributed by atoms with van der Waals surface area (Å²) >= 11 is 0. The van der Waals surface area contributed by atoms with E-state index in [0.717, 1.165) is 12.3 Å². The maximum absolute atomic E-state index is 14.1. The van der Waals surface area contributed by atoms with Crippen LogP contribution >= 0.6 is 0 Å². The van der Waals surface area contributed by atoms with E-state index in [4.69, 9.17) is 5.73 Å². The second-order valence-corrected chi connectivity index (χ2v) is 5.51. The molecule has 29 heavy (non-hydrogen) atoms. The minimum absolute atomic E-state index is 0.0108. The van der Waals surface area contributed by atoms with Gasteiger partial charge in [-0.15, -0.1) is 0 Å². The van der Waals surface area contributed by atoms with Gasteiger partial charge in [-0.05, 0) is 18.2 Å². The Balaban J connectivity index is 2.47. The molecule has 150 valence electrons. The minimum atomic E-state index is -2.77. The van der Waals surface area contributed by atoms with Gasteiger partial charge in [0.25, 0.3) is 6.43 Å². The molecule has 10 heteroatoms. The molecule has 0 unspecified atom stereocenters. The van der Waals surface area contributed by atoms with Crippen LogP contribution in [-0.2, 0) is 4.79 Å². The molecule has 0 aliphatic carbocycles. The van der Waals surface area contributed by atoms with Crippen LogP contribution in [0.5, 0.6) is 0 Å². The Morgan fingerprint density at radius 3 is 2.79 bits per heavy atom. The zero-order chi connectivity index (χ0) is 21.4. The molecule has 0 saturated heterocycles. The van der Waals surface area contributed by atoms with Gasteiger partial charge in [-0.1, -0.05) is 24.8 Å². The number of anilines is 1. The predicted octanol–water partition coefficient (Wildman–Crippen LogP) is 3.69. The van der Waals surface area contributed by atoms with E-state index < -0.39 is 23.8 Å². The number of nitrogens with two attached hydrogens (primary N) is 1. The quantitative estimate of drug-likeness (QED) is 0.437. The van der Waals surface area contributed by atoms with Gasteiger partial charge in [-0.2, -0.15) is 0 Å². The molecule has 0 aromatic carbocycles. The van der Waals surface area contributed by atoms with Gasteiger partial charge in [0.05, 0.1) is 6.20 Å². The summed E-state index contributed by atoms with van der Waals surface area (Å²) in [5.41, 5.74) is 5.25. The Bertz CT molecular complexity index is 1000. The van der Waals surface area contributed by atoms with E-state index in [-0.39, 0.29) is 28.9 Å². The van der Waals surface area contributed by atoms with Gasteiger partial charge in [-0.25, -0.2) is 33.1 Å². The van der Waals surface area contributed by atoms with Gasteiger partial charge < -0.3 is 11.1 Å². The fraction of sp³-hybridized carbons (Fsp3) is 0.105. The second-order valence-electron chi connectivity index (χ2n) is 5.51. The van der Waals surface area contributed by atoms with Crippen molar-refractivity contribution in [2.24, 2.45) is 15.7 Å². The van der Waals surface area contributed by atoms with E-state index in [1.54, 1.807) is 0 Å². The molecule has 0 atom stereocenters. The predicted molar refractivity (Wildman–Crippen MR) is 105 cm³/mol. The van der Waals surface area contributed by atoms with Crippen LogP contribution in [0.4, 0.5) is 24.7 Å². The molecule has 1 amide bonds. The number of aromatic nitrogens is 2. The Hall–Kier alpha value is -3.82. The van der Waals surface area contributed by atoms with E-state index in [9.17, 15) is 18.0 Å². The van der Waals surface area contributed by atoms with E-state index in [1.807, 2.05) is 0 Å². The molecule has 0 fully saturated rings. The third-order valence-electron chi connectivity index (χ3n) is 3.25. The highest BCUT2D eigenvalue weighted by atomic mass is 19.3. The summed E-state index contributed by atoms with van der Waals surface area (Å²) in [4.78, 5) is 26.7. The summed E-state index contributed by atoms with van der Waals surface area (Å²) in [6, 6.07) is 5.14. The summed E-state index contributed by atoms with van der Waals surface area (Å²) < 4.78 is 39.8. The minimum Gasteiger partial charge on any atom is -0.382 e. The van der Waals surface area contributed by atoms with Crippen molar-refractivity contribution in [2.75, 3.05) is 5.32 Å². The highest BCUT2D eigenvalue weighted by Gasteiger charge is 2.11. The SMILES string of the molecule is C=C/C=C/C(=Nc1cc(NC(C)=O)ncc1F)N=C(N)c1cccc(C(F)F)n1. The third-order valence-corrected chi connectivity index (χ3v) is 3.25. The molecule has 2 heterocycles. The molecule has 2 rings (SSSR count). The monoisotopic (exact) mass is 402 g/mol. The zero-order valence-corrected chi connectivity index (χ0v) is 15.3. The fourth-order valence-corrected chi connectivity index (χ4v) is 2.04.